The molecule has 1 rings (SSSR count). The van der Waals surface area contributed by atoms with E-state index in [0.717, 1.165) is 17.7 Å². The third-order valence-electron chi connectivity index (χ3n) is 3.08. The Kier molecular flexibility index (Phi) is 7.08. The molecular weight excluding hydrogens is 272 g/mol. The summed E-state index contributed by atoms with van der Waals surface area (Å²) in [6.45, 7) is 2.40. The number of hydrogen-bond donors (Lipinski definition) is 3. The lowest BCUT2D eigenvalue weighted by molar-refractivity contribution is -0.141. The van der Waals surface area contributed by atoms with Crippen molar-refractivity contribution in [1.82, 2.24) is 10.6 Å². The van der Waals surface area contributed by atoms with Crippen LogP contribution in [0.5, 0.6) is 5.75 Å². The average molecular weight is 294 g/mol. The fraction of sp³-hybridized carbons (Fsp3) is 0.467. The number of rotatable bonds is 8. The normalized spacial score (nSPS) is 11.5. The molecule has 6 nitrogen and oxygen atoms in total. The van der Waals surface area contributed by atoms with E-state index in [9.17, 15) is 9.59 Å². The van der Waals surface area contributed by atoms with Gasteiger partial charge in [-0.2, -0.15) is 0 Å². The number of hydrogen-bond acceptors (Lipinski definition) is 3. The van der Waals surface area contributed by atoms with E-state index in [1.165, 1.54) is 0 Å². The van der Waals surface area contributed by atoms with E-state index in [2.05, 4.69) is 10.6 Å². The highest BCUT2D eigenvalue weighted by molar-refractivity contribution is 5.75. The largest absolute Gasteiger partial charge is 0.497 e. The van der Waals surface area contributed by atoms with Crippen molar-refractivity contribution in [3.8, 4) is 5.75 Å². The molecule has 2 amide bonds. The van der Waals surface area contributed by atoms with E-state index in [1.807, 2.05) is 31.2 Å². The maximum atomic E-state index is 11.7. The molecule has 0 spiro atoms. The summed E-state index contributed by atoms with van der Waals surface area (Å²) in [7, 11) is 1.58. The molecule has 0 aliphatic carbocycles. The number of ether oxygens (including phenoxy) is 1. The molecular formula is C15H22N2O4. The second-order valence-corrected chi connectivity index (χ2v) is 4.74. The Bertz CT molecular complexity index is 476. The number of amides is 2. The topological polar surface area (TPSA) is 87.7 Å². The fourth-order valence-electron chi connectivity index (χ4n) is 1.90. The molecule has 0 fully saturated rings. The molecule has 0 aliphatic rings. The third kappa shape index (κ3) is 6.16. The van der Waals surface area contributed by atoms with Crippen molar-refractivity contribution in [2.75, 3.05) is 13.7 Å². The second-order valence-electron chi connectivity index (χ2n) is 4.74. The first-order valence-electron chi connectivity index (χ1n) is 6.94. The van der Waals surface area contributed by atoms with Crippen molar-refractivity contribution in [3.05, 3.63) is 29.8 Å². The molecule has 0 aromatic heterocycles. The number of urea groups is 1. The van der Waals surface area contributed by atoms with Crippen molar-refractivity contribution >= 4 is 12.0 Å². The van der Waals surface area contributed by atoms with Crippen LogP contribution < -0.4 is 15.4 Å². The van der Waals surface area contributed by atoms with Gasteiger partial charge in [-0.3, -0.25) is 4.79 Å². The predicted molar refractivity (Wildman–Crippen MR) is 79.3 cm³/mol. The zero-order chi connectivity index (χ0) is 15.7. The summed E-state index contributed by atoms with van der Waals surface area (Å²) in [5.74, 6) is -0.703. The molecule has 0 saturated carbocycles. The van der Waals surface area contributed by atoms with Crippen LogP contribution >= 0.6 is 0 Å². The molecule has 1 aromatic carbocycles. The molecule has 0 saturated heterocycles. The molecule has 6 heteroatoms. The summed E-state index contributed by atoms with van der Waals surface area (Å²) in [5, 5.41) is 14.3. The van der Waals surface area contributed by atoms with Crippen molar-refractivity contribution in [3.63, 3.8) is 0 Å². The van der Waals surface area contributed by atoms with E-state index in [1.54, 1.807) is 7.11 Å². The molecule has 0 radical (unpaired) electrons. The third-order valence-corrected chi connectivity index (χ3v) is 3.08. The Morgan fingerprint density at radius 3 is 2.71 bits per heavy atom. The quantitative estimate of drug-likeness (QED) is 0.684. The molecule has 0 heterocycles. The summed E-state index contributed by atoms with van der Waals surface area (Å²) in [5.41, 5.74) is 0.910. The fourth-order valence-corrected chi connectivity index (χ4v) is 1.90. The van der Waals surface area contributed by atoms with Gasteiger partial charge in [-0.1, -0.05) is 25.5 Å². The molecule has 21 heavy (non-hydrogen) atoms. The van der Waals surface area contributed by atoms with Crippen molar-refractivity contribution in [2.45, 2.75) is 26.3 Å². The highest BCUT2D eigenvalue weighted by Crippen LogP contribution is 2.12. The first-order chi connectivity index (χ1) is 10.1. The van der Waals surface area contributed by atoms with E-state index >= 15 is 0 Å². The van der Waals surface area contributed by atoms with Crippen molar-refractivity contribution < 1.29 is 19.4 Å². The minimum absolute atomic E-state index is 0.132. The Hall–Kier alpha value is -2.24. The Morgan fingerprint density at radius 2 is 2.10 bits per heavy atom. The number of carboxylic acid groups (broad SMARTS) is 1. The number of methoxy groups -OCH3 is 1. The zero-order valence-corrected chi connectivity index (χ0v) is 12.4. The van der Waals surface area contributed by atoms with Gasteiger partial charge in [0.25, 0.3) is 0 Å². The Balaban J connectivity index is 2.38. The zero-order valence-electron chi connectivity index (χ0n) is 12.4. The highest BCUT2D eigenvalue weighted by Gasteiger charge is 2.16. The summed E-state index contributed by atoms with van der Waals surface area (Å²) in [6, 6.07) is 7.00. The van der Waals surface area contributed by atoms with Gasteiger partial charge in [-0.25, -0.2) is 4.79 Å². The van der Waals surface area contributed by atoms with E-state index in [4.69, 9.17) is 9.84 Å². The van der Waals surface area contributed by atoms with Gasteiger partial charge in [-0.15, -0.1) is 0 Å². The highest BCUT2D eigenvalue weighted by atomic mass is 16.5. The Morgan fingerprint density at radius 1 is 1.33 bits per heavy atom. The van der Waals surface area contributed by atoms with Gasteiger partial charge in [0.05, 0.1) is 13.0 Å². The molecule has 3 N–H and O–H groups in total. The van der Waals surface area contributed by atoms with Crippen LogP contribution in [0.1, 0.15) is 25.3 Å². The predicted octanol–water partition coefficient (Wildman–Crippen LogP) is 2.00. The lowest BCUT2D eigenvalue weighted by Crippen LogP contribution is -2.39. The SMILES string of the molecule is CCCC(CNC(=O)NCc1cccc(OC)c1)C(=O)O. The monoisotopic (exact) mass is 294 g/mol. The summed E-state index contributed by atoms with van der Waals surface area (Å²) in [6.07, 6.45) is 1.32. The van der Waals surface area contributed by atoms with Crippen LogP contribution in [0.4, 0.5) is 4.79 Å². The molecule has 1 atom stereocenters. The van der Waals surface area contributed by atoms with Crippen LogP contribution in [-0.4, -0.2) is 30.8 Å². The van der Waals surface area contributed by atoms with Gasteiger partial charge in [0, 0.05) is 13.1 Å². The smallest absolute Gasteiger partial charge is 0.315 e. The van der Waals surface area contributed by atoms with Crippen LogP contribution in [0.25, 0.3) is 0 Å². The van der Waals surface area contributed by atoms with Gasteiger partial charge >= 0.3 is 12.0 Å². The molecule has 0 aliphatic heterocycles. The minimum atomic E-state index is -0.884. The molecule has 0 bridgehead atoms. The Labute approximate surface area is 124 Å². The number of aliphatic carboxylic acids is 1. The first kappa shape index (κ1) is 16.8. The molecule has 116 valence electrons. The number of benzene rings is 1. The van der Waals surface area contributed by atoms with Gasteiger partial charge < -0.3 is 20.5 Å². The maximum Gasteiger partial charge on any atom is 0.315 e. The summed E-state index contributed by atoms with van der Waals surface area (Å²) >= 11 is 0. The molecule has 1 unspecified atom stereocenters. The van der Waals surface area contributed by atoms with Crippen molar-refractivity contribution in [1.29, 1.82) is 0 Å². The number of carbonyl (C=O) groups excluding carboxylic acids is 1. The standard InChI is InChI=1S/C15H22N2O4/c1-3-5-12(14(18)19)10-17-15(20)16-9-11-6-4-7-13(8-11)21-2/h4,6-8,12H,3,5,9-10H2,1-2H3,(H,18,19)(H2,16,17,20). The van der Waals surface area contributed by atoms with Crippen LogP contribution in [0.15, 0.2) is 24.3 Å². The van der Waals surface area contributed by atoms with Gasteiger partial charge in [0.2, 0.25) is 0 Å². The minimum Gasteiger partial charge on any atom is -0.497 e. The number of carbonyl (C=O) groups is 2. The average Bonchev–Trinajstić information content (AvgIpc) is 2.49. The van der Waals surface area contributed by atoms with Gasteiger partial charge in [0.1, 0.15) is 5.75 Å². The van der Waals surface area contributed by atoms with Gasteiger partial charge in [0.15, 0.2) is 0 Å². The van der Waals surface area contributed by atoms with Crippen LogP contribution in [0, 0.1) is 5.92 Å². The number of nitrogens with one attached hydrogen (secondary N) is 2. The lowest BCUT2D eigenvalue weighted by Gasteiger charge is -2.13. The molecule has 1 aromatic rings. The van der Waals surface area contributed by atoms with Crippen LogP contribution in [0.2, 0.25) is 0 Å². The summed E-state index contributed by atoms with van der Waals surface area (Å²) in [4.78, 5) is 22.6. The van der Waals surface area contributed by atoms with E-state index < -0.39 is 11.9 Å². The van der Waals surface area contributed by atoms with E-state index in [0.29, 0.717) is 13.0 Å². The van der Waals surface area contributed by atoms with Crippen LogP contribution in [0.3, 0.4) is 0 Å². The first-order valence-corrected chi connectivity index (χ1v) is 6.94. The van der Waals surface area contributed by atoms with E-state index in [-0.39, 0.29) is 12.6 Å². The van der Waals surface area contributed by atoms with Crippen molar-refractivity contribution in [2.24, 2.45) is 5.92 Å². The van der Waals surface area contributed by atoms with Gasteiger partial charge in [-0.05, 0) is 24.1 Å². The number of carboxylic acids is 1. The maximum absolute atomic E-state index is 11.7. The lowest BCUT2D eigenvalue weighted by atomic mass is 10.0. The second kappa shape index (κ2) is 8.84. The van der Waals surface area contributed by atoms with Crippen LogP contribution in [-0.2, 0) is 11.3 Å². The summed E-state index contributed by atoms with van der Waals surface area (Å²) < 4.78 is 5.10.